The van der Waals surface area contributed by atoms with E-state index in [1.54, 1.807) is 16.7 Å². The van der Waals surface area contributed by atoms with Crippen molar-refractivity contribution in [1.82, 2.24) is 8.85 Å². The third-order valence-electron chi connectivity index (χ3n) is 6.24. The molecule has 0 aromatic heterocycles. The molecule has 0 saturated carbocycles. The van der Waals surface area contributed by atoms with Gasteiger partial charge in [-0.2, -0.15) is 0 Å². The van der Waals surface area contributed by atoms with Gasteiger partial charge in [-0.3, -0.25) is 14.4 Å². The van der Waals surface area contributed by atoms with Crippen molar-refractivity contribution in [3.05, 3.63) is 71.8 Å². The van der Waals surface area contributed by atoms with Gasteiger partial charge in [0.25, 0.3) is 5.91 Å². The maximum Gasteiger partial charge on any atom is 0.251 e. The molecule has 1 aliphatic heterocycles. The van der Waals surface area contributed by atoms with Gasteiger partial charge < -0.3 is 15.1 Å². The zero-order valence-corrected chi connectivity index (χ0v) is 21.5. The van der Waals surface area contributed by atoms with Crippen molar-refractivity contribution in [2.45, 2.75) is 39.4 Å². The average Bonchev–Trinajstić information content (AvgIpc) is 2.95. The fourth-order valence-electron chi connectivity index (χ4n) is 4.31. The Morgan fingerprint density at radius 3 is 2.44 bits per heavy atom. The largest absolute Gasteiger partial charge is 0.341 e. The highest BCUT2D eigenvalue weighted by Crippen LogP contribution is 2.35. The summed E-state index contributed by atoms with van der Waals surface area (Å²) < 4.78 is 2.87. The molecule has 0 saturated heterocycles. The standard InChI is InChI=1S/C26H27IN4O3/c1-16-12-13-19-8-4-5-9-20(19)21(16)14-31-24-11-7-6-10-23(24)30(18(3)32)15-22(26(31)34)28-25(33)17(2)29-27/h4-13,17,22,29H,14-15H2,1-3H3,(H,28,33)/t17-,22-/m0/s1. The number of carbonyl (C=O) groups is 3. The van der Waals surface area contributed by atoms with Crippen molar-refractivity contribution in [1.29, 1.82) is 0 Å². The van der Waals surface area contributed by atoms with Crippen molar-refractivity contribution < 1.29 is 14.4 Å². The normalized spacial score (nSPS) is 16.7. The molecule has 8 heteroatoms. The zero-order chi connectivity index (χ0) is 24.4. The molecule has 1 heterocycles. The fraction of sp³-hybridized carbons (Fsp3) is 0.269. The van der Waals surface area contributed by atoms with Gasteiger partial charge in [0.05, 0.1) is 30.5 Å². The number of aryl methyl sites for hydroxylation is 1. The van der Waals surface area contributed by atoms with Crippen LogP contribution in [0.4, 0.5) is 11.4 Å². The van der Waals surface area contributed by atoms with E-state index >= 15 is 0 Å². The summed E-state index contributed by atoms with van der Waals surface area (Å²) in [6.45, 7) is 5.61. The molecule has 0 fully saturated rings. The Balaban J connectivity index is 1.83. The summed E-state index contributed by atoms with van der Waals surface area (Å²) in [5.74, 6) is -0.746. The van der Waals surface area contributed by atoms with E-state index in [1.807, 2.05) is 66.2 Å². The summed E-state index contributed by atoms with van der Waals surface area (Å²) in [6, 6.07) is 18.2. The molecule has 0 spiro atoms. The summed E-state index contributed by atoms with van der Waals surface area (Å²) in [5.41, 5.74) is 3.40. The van der Waals surface area contributed by atoms with Crippen LogP contribution in [0, 0.1) is 6.92 Å². The Morgan fingerprint density at radius 2 is 1.74 bits per heavy atom. The van der Waals surface area contributed by atoms with Crippen LogP contribution in [0.2, 0.25) is 0 Å². The molecule has 0 unspecified atom stereocenters. The number of carbonyl (C=O) groups excluding carboxylic acids is 3. The van der Waals surface area contributed by atoms with Crippen molar-refractivity contribution >= 4 is 62.7 Å². The summed E-state index contributed by atoms with van der Waals surface area (Å²) in [6.07, 6.45) is 0. The molecule has 7 nitrogen and oxygen atoms in total. The zero-order valence-electron chi connectivity index (χ0n) is 19.3. The monoisotopic (exact) mass is 570 g/mol. The van der Waals surface area contributed by atoms with Crippen molar-refractivity contribution in [3.8, 4) is 0 Å². The molecule has 3 aromatic rings. The minimum absolute atomic E-state index is 0.0654. The van der Waals surface area contributed by atoms with Crippen molar-refractivity contribution in [2.24, 2.45) is 0 Å². The fourth-order valence-corrected chi connectivity index (χ4v) is 4.60. The molecule has 2 atom stereocenters. The van der Waals surface area contributed by atoms with Crippen LogP contribution in [-0.2, 0) is 20.9 Å². The number of nitrogens with zero attached hydrogens (tertiary/aromatic N) is 2. The predicted octanol–water partition coefficient (Wildman–Crippen LogP) is 3.86. The lowest BCUT2D eigenvalue weighted by Gasteiger charge is -2.27. The lowest BCUT2D eigenvalue weighted by molar-refractivity contribution is -0.128. The predicted molar refractivity (Wildman–Crippen MR) is 143 cm³/mol. The van der Waals surface area contributed by atoms with Gasteiger partial charge in [-0.25, -0.2) is 3.53 Å². The van der Waals surface area contributed by atoms with Crippen LogP contribution in [-0.4, -0.2) is 36.3 Å². The Morgan fingerprint density at radius 1 is 1.06 bits per heavy atom. The Hall–Kier alpha value is -2.98. The molecule has 1 aliphatic rings. The van der Waals surface area contributed by atoms with E-state index in [-0.39, 0.29) is 24.3 Å². The number of hydrogen-bond acceptors (Lipinski definition) is 4. The first-order valence-electron chi connectivity index (χ1n) is 11.1. The first kappa shape index (κ1) is 24.2. The number of rotatable bonds is 5. The topological polar surface area (TPSA) is 81.8 Å². The Kier molecular flexibility index (Phi) is 7.18. The van der Waals surface area contributed by atoms with Gasteiger partial charge in [0, 0.05) is 29.8 Å². The molecule has 0 bridgehead atoms. The second kappa shape index (κ2) is 10.1. The maximum atomic E-state index is 13.9. The van der Waals surface area contributed by atoms with Gasteiger partial charge in [0.15, 0.2) is 0 Å². The highest BCUT2D eigenvalue weighted by atomic mass is 127. The molecule has 3 amide bonds. The molecular weight excluding hydrogens is 543 g/mol. The van der Waals surface area contributed by atoms with E-state index in [0.717, 1.165) is 21.9 Å². The smallest absolute Gasteiger partial charge is 0.251 e. The number of benzene rings is 3. The van der Waals surface area contributed by atoms with Gasteiger partial charge in [-0.1, -0.05) is 48.5 Å². The number of nitrogens with one attached hydrogen (secondary N) is 2. The molecule has 0 aliphatic carbocycles. The number of halogens is 1. The number of hydrogen-bond donors (Lipinski definition) is 2. The van der Waals surface area contributed by atoms with Gasteiger partial charge in [0.1, 0.15) is 6.04 Å². The number of fused-ring (bicyclic) bond motifs is 2. The van der Waals surface area contributed by atoms with Crippen LogP contribution in [0.5, 0.6) is 0 Å². The highest BCUT2D eigenvalue weighted by Gasteiger charge is 2.36. The van der Waals surface area contributed by atoms with E-state index in [1.165, 1.54) is 6.92 Å². The van der Waals surface area contributed by atoms with E-state index in [0.29, 0.717) is 17.9 Å². The Bertz CT molecular complexity index is 1260. The summed E-state index contributed by atoms with van der Waals surface area (Å²) in [5, 5.41) is 5.02. The van der Waals surface area contributed by atoms with Gasteiger partial charge in [-0.15, -0.1) is 0 Å². The third-order valence-corrected chi connectivity index (χ3v) is 7.17. The number of para-hydroxylation sites is 2. The average molecular weight is 570 g/mol. The van der Waals surface area contributed by atoms with E-state index in [4.69, 9.17) is 0 Å². The van der Waals surface area contributed by atoms with Gasteiger partial charge >= 0.3 is 0 Å². The van der Waals surface area contributed by atoms with Crippen molar-refractivity contribution in [3.63, 3.8) is 0 Å². The van der Waals surface area contributed by atoms with Crippen LogP contribution in [0.15, 0.2) is 60.7 Å². The SMILES string of the molecule is CC(=O)N1C[C@H](NC(=O)[C@H](C)NI)C(=O)N(Cc2c(C)ccc3ccccc23)c2ccccc21. The first-order chi connectivity index (χ1) is 16.3. The molecule has 176 valence electrons. The van der Waals surface area contributed by atoms with Crippen molar-refractivity contribution in [2.75, 3.05) is 16.3 Å². The molecule has 4 rings (SSSR count). The van der Waals surface area contributed by atoms with Gasteiger partial charge in [-0.05, 0) is 47.9 Å². The van der Waals surface area contributed by atoms with Crippen LogP contribution >= 0.6 is 22.9 Å². The minimum Gasteiger partial charge on any atom is -0.341 e. The molecular formula is C26H27IN4O3. The summed E-state index contributed by atoms with van der Waals surface area (Å²) >= 11 is 1.91. The molecule has 34 heavy (non-hydrogen) atoms. The van der Waals surface area contributed by atoms with Crippen LogP contribution < -0.4 is 18.6 Å². The third kappa shape index (κ3) is 4.65. The van der Waals surface area contributed by atoms with Crippen LogP contribution in [0.1, 0.15) is 25.0 Å². The molecule has 2 N–H and O–H groups in total. The van der Waals surface area contributed by atoms with Crippen LogP contribution in [0.25, 0.3) is 10.8 Å². The second-order valence-corrected chi connectivity index (χ2v) is 9.14. The highest BCUT2D eigenvalue weighted by molar-refractivity contribution is 14.1. The number of anilines is 2. The number of amides is 3. The van der Waals surface area contributed by atoms with E-state index in [9.17, 15) is 14.4 Å². The molecule has 0 radical (unpaired) electrons. The minimum atomic E-state index is -0.883. The quantitative estimate of drug-likeness (QED) is 0.361. The van der Waals surface area contributed by atoms with E-state index < -0.39 is 12.1 Å². The summed E-state index contributed by atoms with van der Waals surface area (Å²) in [4.78, 5) is 42.5. The lowest BCUT2D eigenvalue weighted by Crippen LogP contribution is -2.55. The first-order valence-corrected chi connectivity index (χ1v) is 12.2. The maximum absolute atomic E-state index is 13.9. The van der Waals surface area contributed by atoms with Crippen LogP contribution in [0.3, 0.4) is 0 Å². The molecule has 3 aromatic carbocycles. The Labute approximate surface area is 213 Å². The van der Waals surface area contributed by atoms with Gasteiger partial charge in [0.2, 0.25) is 11.8 Å². The van der Waals surface area contributed by atoms with E-state index in [2.05, 4.69) is 33.1 Å². The lowest BCUT2D eigenvalue weighted by atomic mass is 9.99. The second-order valence-electron chi connectivity index (χ2n) is 8.52. The summed E-state index contributed by atoms with van der Waals surface area (Å²) in [7, 11) is 0.